The fourth-order valence-corrected chi connectivity index (χ4v) is 3.27. The van der Waals surface area contributed by atoms with Crippen molar-refractivity contribution in [3.8, 4) is 0 Å². The van der Waals surface area contributed by atoms with Crippen LogP contribution in [0.15, 0.2) is 35.4 Å². The molecule has 0 unspecified atom stereocenters. The van der Waals surface area contributed by atoms with Gasteiger partial charge in [0.1, 0.15) is 5.69 Å². The molecule has 0 aliphatic rings. The maximum absolute atomic E-state index is 12.6. The Bertz CT molecular complexity index is 986. The van der Waals surface area contributed by atoms with Crippen molar-refractivity contribution in [1.29, 1.82) is 0 Å². The van der Waals surface area contributed by atoms with Crippen molar-refractivity contribution in [3.63, 3.8) is 0 Å². The molecule has 160 valence electrons. The fourth-order valence-electron chi connectivity index (χ4n) is 2.27. The molecule has 4 amide bonds. The lowest BCUT2D eigenvalue weighted by Gasteiger charge is -2.13. The summed E-state index contributed by atoms with van der Waals surface area (Å²) < 4.78 is 40.3. The van der Waals surface area contributed by atoms with Crippen LogP contribution in [0.3, 0.4) is 0 Å². The Morgan fingerprint density at radius 1 is 1.20 bits per heavy atom. The number of benzene rings is 1. The number of carbonyl (C=O) groups excluding carboxylic acids is 3. The number of nitrogens with one attached hydrogen (secondary N) is 3. The Kier molecular flexibility index (Phi) is 7.68. The molecule has 7 nitrogen and oxygen atoms in total. The Morgan fingerprint density at radius 2 is 1.90 bits per heavy atom. The molecular weight excluding hydrogens is 445 g/mol. The minimum Gasteiger partial charge on any atom is -0.352 e. The maximum Gasteiger partial charge on any atom is 0.417 e. The number of hydrogen-bond acceptors (Lipinski definition) is 5. The lowest BCUT2D eigenvalue weighted by atomic mass is 10.1. The number of rotatable bonds is 5. The van der Waals surface area contributed by atoms with E-state index in [9.17, 15) is 27.6 Å². The van der Waals surface area contributed by atoms with Gasteiger partial charge in [-0.05, 0) is 43.5 Å². The second-order valence-electron chi connectivity index (χ2n) is 5.85. The number of hydrogen-bond donors (Lipinski definition) is 3. The molecule has 0 aliphatic carbocycles. The van der Waals surface area contributed by atoms with Crippen molar-refractivity contribution in [2.45, 2.75) is 24.9 Å². The minimum atomic E-state index is -4.67. The van der Waals surface area contributed by atoms with Crippen molar-refractivity contribution in [3.05, 3.63) is 57.9 Å². The molecule has 0 bridgehead atoms. The number of urea groups is 1. The van der Waals surface area contributed by atoms with Gasteiger partial charge in [0.25, 0.3) is 11.8 Å². The average Bonchev–Trinajstić information content (AvgIpc) is 2.66. The van der Waals surface area contributed by atoms with Gasteiger partial charge in [-0.2, -0.15) is 13.2 Å². The van der Waals surface area contributed by atoms with E-state index in [0.717, 1.165) is 11.9 Å². The first-order valence-corrected chi connectivity index (χ1v) is 9.62. The third-order valence-electron chi connectivity index (χ3n) is 3.65. The Morgan fingerprint density at radius 3 is 2.50 bits per heavy atom. The molecule has 0 saturated heterocycles. The first-order valence-electron chi connectivity index (χ1n) is 8.43. The molecule has 2 rings (SSSR count). The van der Waals surface area contributed by atoms with Gasteiger partial charge in [-0.1, -0.05) is 23.7 Å². The van der Waals surface area contributed by atoms with E-state index in [-0.39, 0.29) is 5.91 Å². The topological polar surface area (TPSA) is 100 Å². The standard InChI is InChI=1S/C18H16ClF3N4O3S/c1-3-23-15(27)11-6-4-5-9(2)14(11)30-26-17(29)25-16(28)13-12(19)7-10(8-24-13)18(20,21)22/h4-8H,3H2,1-2H3,(H,23,27)(H2,25,26,28,29). The van der Waals surface area contributed by atoms with E-state index in [0.29, 0.717) is 34.8 Å². The van der Waals surface area contributed by atoms with E-state index >= 15 is 0 Å². The van der Waals surface area contributed by atoms with Gasteiger partial charge in [-0.15, -0.1) is 0 Å². The largest absolute Gasteiger partial charge is 0.417 e. The van der Waals surface area contributed by atoms with Crippen LogP contribution in [0.2, 0.25) is 5.02 Å². The molecule has 12 heteroatoms. The Hall–Kier alpha value is -2.79. The van der Waals surface area contributed by atoms with E-state index in [1.165, 1.54) is 0 Å². The predicted molar refractivity (Wildman–Crippen MR) is 105 cm³/mol. The highest BCUT2D eigenvalue weighted by molar-refractivity contribution is 7.98. The summed E-state index contributed by atoms with van der Waals surface area (Å²) >= 11 is 6.49. The van der Waals surface area contributed by atoms with Gasteiger partial charge in [0.15, 0.2) is 0 Å². The van der Waals surface area contributed by atoms with Crippen LogP contribution in [0.25, 0.3) is 0 Å². The van der Waals surface area contributed by atoms with Crippen LogP contribution in [0.1, 0.15) is 38.9 Å². The highest BCUT2D eigenvalue weighted by atomic mass is 35.5. The second-order valence-corrected chi connectivity index (χ2v) is 7.07. The smallest absolute Gasteiger partial charge is 0.352 e. The summed E-state index contributed by atoms with van der Waals surface area (Å²) in [6.45, 7) is 3.92. The van der Waals surface area contributed by atoms with Gasteiger partial charge in [-0.3, -0.25) is 19.6 Å². The molecule has 0 radical (unpaired) electrons. The number of aromatic nitrogens is 1. The molecule has 0 saturated carbocycles. The number of pyridine rings is 1. The third-order valence-corrected chi connectivity index (χ3v) is 4.97. The number of amides is 4. The summed E-state index contributed by atoms with van der Waals surface area (Å²) in [5, 5.41) is 4.02. The van der Waals surface area contributed by atoms with E-state index in [4.69, 9.17) is 11.6 Å². The van der Waals surface area contributed by atoms with Crippen molar-refractivity contribution < 1.29 is 27.6 Å². The van der Waals surface area contributed by atoms with E-state index in [1.54, 1.807) is 32.0 Å². The Labute approximate surface area is 178 Å². The van der Waals surface area contributed by atoms with Gasteiger partial charge in [0, 0.05) is 17.6 Å². The molecule has 30 heavy (non-hydrogen) atoms. The highest BCUT2D eigenvalue weighted by Gasteiger charge is 2.32. The average molecular weight is 461 g/mol. The van der Waals surface area contributed by atoms with Gasteiger partial charge < -0.3 is 5.32 Å². The molecule has 1 heterocycles. The summed E-state index contributed by atoms with van der Waals surface area (Å²) in [4.78, 5) is 40.1. The third kappa shape index (κ3) is 5.86. The zero-order chi connectivity index (χ0) is 22.5. The number of aryl methyl sites for hydroxylation is 1. The molecule has 0 fully saturated rings. The Balaban J connectivity index is 2.07. The van der Waals surface area contributed by atoms with Crippen LogP contribution in [-0.2, 0) is 6.18 Å². The van der Waals surface area contributed by atoms with Gasteiger partial charge in [-0.25, -0.2) is 9.78 Å². The fraction of sp³-hybridized carbons (Fsp3) is 0.222. The maximum atomic E-state index is 12.6. The van der Waals surface area contributed by atoms with Crippen molar-refractivity contribution in [2.24, 2.45) is 0 Å². The van der Waals surface area contributed by atoms with E-state index in [2.05, 4.69) is 15.0 Å². The monoisotopic (exact) mass is 460 g/mol. The first-order chi connectivity index (χ1) is 14.0. The number of imide groups is 1. The zero-order valence-corrected chi connectivity index (χ0v) is 17.3. The number of carbonyl (C=O) groups is 3. The first kappa shape index (κ1) is 23.5. The number of alkyl halides is 3. The predicted octanol–water partition coefficient (Wildman–Crippen LogP) is 3.96. The summed E-state index contributed by atoms with van der Waals surface area (Å²) in [6, 6.07) is 4.58. The van der Waals surface area contributed by atoms with Crippen LogP contribution >= 0.6 is 23.5 Å². The van der Waals surface area contributed by atoms with Crippen molar-refractivity contribution in [2.75, 3.05) is 6.54 Å². The van der Waals surface area contributed by atoms with Gasteiger partial charge >= 0.3 is 12.2 Å². The quantitative estimate of drug-likeness (QED) is 0.586. The molecule has 0 spiro atoms. The molecule has 3 N–H and O–H groups in total. The van der Waals surface area contributed by atoms with Crippen molar-refractivity contribution in [1.82, 2.24) is 20.3 Å². The summed E-state index contributed by atoms with van der Waals surface area (Å²) in [6.07, 6.45) is -4.23. The van der Waals surface area contributed by atoms with Crippen LogP contribution in [0.5, 0.6) is 0 Å². The molecular formula is C18H16ClF3N4O3S. The molecule has 1 aromatic heterocycles. The molecule has 1 aromatic carbocycles. The lowest BCUT2D eigenvalue weighted by Crippen LogP contribution is -2.37. The summed E-state index contributed by atoms with van der Waals surface area (Å²) in [5.74, 6) is -1.41. The second kappa shape index (κ2) is 9.81. The van der Waals surface area contributed by atoms with Crippen LogP contribution < -0.4 is 15.4 Å². The van der Waals surface area contributed by atoms with Gasteiger partial charge in [0.05, 0.1) is 16.1 Å². The number of nitrogens with zero attached hydrogens (tertiary/aromatic N) is 1. The number of halogens is 4. The van der Waals surface area contributed by atoms with Crippen molar-refractivity contribution >= 4 is 41.4 Å². The highest BCUT2D eigenvalue weighted by Crippen LogP contribution is 2.31. The zero-order valence-electron chi connectivity index (χ0n) is 15.7. The van der Waals surface area contributed by atoms with Crippen LogP contribution in [0.4, 0.5) is 18.0 Å². The van der Waals surface area contributed by atoms with Crippen LogP contribution in [0, 0.1) is 6.92 Å². The minimum absolute atomic E-state index is 0.331. The SMILES string of the molecule is CCNC(=O)c1cccc(C)c1SNC(=O)NC(=O)c1ncc(C(F)(F)F)cc1Cl. The van der Waals surface area contributed by atoms with E-state index < -0.39 is 34.4 Å². The summed E-state index contributed by atoms with van der Waals surface area (Å²) in [5.41, 5.74) is -0.617. The molecule has 0 atom stereocenters. The lowest BCUT2D eigenvalue weighted by molar-refractivity contribution is -0.137. The van der Waals surface area contributed by atoms with Crippen LogP contribution in [-0.4, -0.2) is 29.4 Å². The van der Waals surface area contributed by atoms with Gasteiger partial charge in [0.2, 0.25) is 0 Å². The summed E-state index contributed by atoms with van der Waals surface area (Å²) in [7, 11) is 0. The normalized spacial score (nSPS) is 11.0. The molecule has 0 aliphatic heterocycles. The molecule has 2 aromatic rings. The van der Waals surface area contributed by atoms with E-state index in [1.807, 2.05) is 5.32 Å².